The fraction of sp³-hybridized carbons (Fsp3) is 1.00. The first-order valence-electron chi connectivity index (χ1n) is 3.99. The van der Waals surface area contributed by atoms with Crippen molar-refractivity contribution in [3.63, 3.8) is 0 Å². The highest BCUT2D eigenvalue weighted by molar-refractivity contribution is 4.76. The van der Waals surface area contributed by atoms with Crippen LogP contribution in [0.25, 0.3) is 0 Å². The standard InChI is InChI=1S/C7H16N2O/c8-9-6-4-2-1-3-5-7(6)10/h6-7,9-10H,1-5,8H2. The summed E-state index contributed by atoms with van der Waals surface area (Å²) in [5.41, 5.74) is 2.64. The van der Waals surface area contributed by atoms with Gasteiger partial charge < -0.3 is 5.11 Å². The monoisotopic (exact) mass is 144 g/mol. The Balaban J connectivity index is 2.35. The Morgan fingerprint density at radius 3 is 2.60 bits per heavy atom. The van der Waals surface area contributed by atoms with E-state index in [0.717, 1.165) is 19.3 Å². The van der Waals surface area contributed by atoms with E-state index in [4.69, 9.17) is 5.84 Å². The van der Waals surface area contributed by atoms with Gasteiger partial charge in [0.2, 0.25) is 0 Å². The van der Waals surface area contributed by atoms with Gasteiger partial charge in [-0.3, -0.25) is 11.3 Å². The van der Waals surface area contributed by atoms with Crippen LogP contribution in [0.3, 0.4) is 0 Å². The van der Waals surface area contributed by atoms with Crippen molar-refractivity contribution in [3.05, 3.63) is 0 Å². The molecule has 0 amide bonds. The molecule has 2 atom stereocenters. The number of nitrogens with two attached hydrogens (primary N) is 1. The minimum atomic E-state index is -0.229. The highest BCUT2D eigenvalue weighted by atomic mass is 16.3. The number of nitrogens with one attached hydrogen (secondary N) is 1. The minimum Gasteiger partial charge on any atom is -0.391 e. The van der Waals surface area contributed by atoms with Gasteiger partial charge in [0.05, 0.1) is 6.10 Å². The van der Waals surface area contributed by atoms with Crippen LogP contribution in [0.4, 0.5) is 0 Å². The zero-order chi connectivity index (χ0) is 7.40. The molecule has 3 heteroatoms. The Morgan fingerprint density at radius 2 is 1.90 bits per heavy atom. The Kier molecular flexibility index (Phi) is 3.12. The molecule has 1 aliphatic carbocycles. The lowest BCUT2D eigenvalue weighted by Crippen LogP contribution is -2.43. The minimum absolute atomic E-state index is 0.127. The highest BCUT2D eigenvalue weighted by Gasteiger charge is 2.19. The number of aliphatic hydroxyl groups excluding tert-OH is 1. The number of hydrogen-bond donors (Lipinski definition) is 3. The van der Waals surface area contributed by atoms with Gasteiger partial charge in [0, 0.05) is 6.04 Å². The predicted molar refractivity (Wildman–Crippen MR) is 40.2 cm³/mol. The molecular formula is C7H16N2O. The van der Waals surface area contributed by atoms with Gasteiger partial charge in [-0.2, -0.15) is 0 Å². The van der Waals surface area contributed by atoms with Crippen LogP contribution in [0.2, 0.25) is 0 Å². The molecule has 0 spiro atoms. The topological polar surface area (TPSA) is 58.3 Å². The molecule has 3 nitrogen and oxygen atoms in total. The molecule has 0 heterocycles. The second-order valence-electron chi connectivity index (χ2n) is 2.98. The van der Waals surface area contributed by atoms with Crippen LogP contribution in [-0.4, -0.2) is 17.3 Å². The maximum Gasteiger partial charge on any atom is 0.0706 e. The largest absolute Gasteiger partial charge is 0.391 e. The summed E-state index contributed by atoms with van der Waals surface area (Å²) in [4.78, 5) is 0. The molecule has 0 radical (unpaired) electrons. The predicted octanol–water partition coefficient (Wildman–Crippen LogP) is 0.143. The second-order valence-corrected chi connectivity index (χ2v) is 2.98. The van der Waals surface area contributed by atoms with Crippen LogP contribution in [0.1, 0.15) is 32.1 Å². The van der Waals surface area contributed by atoms with Crippen molar-refractivity contribution in [3.8, 4) is 0 Å². The van der Waals surface area contributed by atoms with Crippen LogP contribution in [0.5, 0.6) is 0 Å². The third-order valence-corrected chi connectivity index (χ3v) is 2.19. The molecule has 0 aliphatic heterocycles. The highest BCUT2D eigenvalue weighted by Crippen LogP contribution is 2.16. The number of rotatable bonds is 1. The van der Waals surface area contributed by atoms with Crippen molar-refractivity contribution in [1.29, 1.82) is 0 Å². The van der Waals surface area contributed by atoms with Crippen LogP contribution in [0, 0.1) is 0 Å². The molecule has 0 bridgehead atoms. The van der Waals surface area contributed by atoms with Crippen LogP contribution >= 0.6 is 0 Å². The first-order chi connectivity index (χ1) is 4.84. The van der Waals surface area contributed by atoms with E-state index in [1.165, 1.54) is 12.8 Å². The summed E-state index contributed by atoms with van der Waals surface area (Å²) >= 11 is 0. The van der Waals surface area contributed by atoms with Crippen LogP contribution < -0.4 is 11.3 Å². The smallest absolute Gasteiger partial charge is 0.0706 e. The number of hydrazine groups is 1. The van der Waals surface area contributed by atoms with Crippen molar-refractivity contribution in [2.45, 2.75) is 44.2 Å². The van der Waals surface area contributed by atoms with Gasteiger partial charge in [-0.25, -0.2) is 0 Å². The molecule has 60 valence electrons. The normalized spacial score (nSPS) is 35.4. The molecule has 0 aromatic rings. The fourth-order valence-electron chi connectivity index (χ4n) is 1.48. The molecule has 1 aliphatic rings. The van der Waals surface area contributed by atoms with Gasteiger partial charge in [-0.05, 0) is 12.8 Å². The first-order valence-corrected chi connectivity index (χ1v) is 3.99. The second kappa shape index (κ2) is 3.91. The molecule has 1 saturated carbocycles. The Bertz CT molecular complexity index is 97.6. The van der Waals surface area contributed by atoms with E-state index in [2.05, 4.69) is 5.43 Å². The maximum absolute atomic E-state index is 9.41. The maximum atomic E-state index is 9.41. The summed E-state index contributed by atoms with van der Waals surface area (Å²) in [6, 6.07) is 0.127. The van der Waals surface area contributed by atoms with Crippen molar-refractivity contribution in [1.82, 2.24) is 5.43 Å². The van der Waals surface area contributed by atoms with Gasteiger partial charge >= 0.3 is 0 Å². The van der Waals surface area contributed by atoms with Gasteiger partial charge in [0.15, 0.2) is 0 Å². The van der Waals surface area contributed by atoms with E-state index in [9.17, 15) is 5.11 Å². The van der Waals surface area contributed by atoms with Gasteiger partial charge in [0.1, 0.15) is 0 Å². The van der Waals surface area contributed by atoms with E-state index in [1.807, 2.05) is 0 Å². The average Bonchev–Trinajstić information content (AvgIpc) is 2.13. The molecule has 4 N–H and O–H groups in total. The van der Waals surface area contributed by atoms with E-state index in [0.29, 0.717) is 0 Å². The van der Waals surface area contributed by atoms with Crippen LogP contribution in [0.15, 0.2) is 0 Å². The molecule has 2 unspecified atom stereocenters. The molecule has 10 heavy (non-hydrogen) atoms. The van der Waals surface area contributed by atoms with Crippen molar-refractivity contribution >= 4 is 0 Å². The number of hydrogen-bond acceptors (Lipinski definition) is 3. The zero-order valence-electron chi connectivity index (χ0n) is 6.21. The first kappa shape index (κ1) is 7.98. The van der Waals surface area contributed by atoms with Crippen molar-refractivity contribution < 1.29 is 5.11 Å². The van der Waals surface area contributed by atoms with Gasteiger partial charge in [-0.1, -0.05) is 19.3 Å². The van der Waals surface area contributed by atoms with E-state index in [1.54, 1.807) is 0 Å². The molecule has 0 aromatic heterocycles. The van der Waals surface area contributed by atoms with Gasteiger partial charge in [-0.15, -0.1) is 0 Å². The molecule has 1 fully saturated rings. The SMILES string of the molecule is NNC1CCCCCC1O. The molecular weight excluding hydrogens is 128 g/mol. The number of aliphatic hydroxyl groups is 1. The third kappa shape index (κ3) is 1.94. The van der Waals surface area contributed by atoms with E-state index >= 15 is 0 Å². The van der Waals surface area contributed by atoms with Crippen LogP contribution in [-0.2, 0) is 0 Å². The lowest BCUT2D eigenvalue weighted by atomic mass is 10.1. The van der Waals surface area contributed by atoms with Crippen molar-refractivity contribution in [2.24, 2.45) is 5.84 Å². The molecule has 0 saturated heterocycles. The molecule has 0 aromatic carbocycles. The summed E-state index contributed by atoms with van der Waals surface area (Å²) < 4.78 is 0. The summed E-state index contributed by atoms with van der Waals surface area (Å²) in [7, 11) is 0. The zero-order valence-corrected chi connectivity index (χ0v) is 6.21. The summed E-state index contributed by atoms with van der Waals surface area (Å²) in [6.07, 6.45) is 5.24. The Labute approximate surface area is 61.6 Å². The quantitative estimate of drug-likeness (QED) is 0.279. The third-order valence-electron chi connectivity index (χ3n) is 2.19. The average molecular weight is 144 g/mol. The Morgan fingerprint density at radius 1 is 1.20 bits per heavy atom. The van der Waals surface area contributed by atoms with E-state index in [-0.39, 0.29) is 12.1 Å². The Hall–Kier alpha value is -0.120. The fourth-order valence-corrected chi connectivity index (χ4v) is 1.48. The lowest BCUT2D eigenvalue weighted by molar-refractivity contribution is 0.120. The molecule has 1 rings (SSSR count). The summed E-state index contributed by atoms with van der Waals surface area (Å²) in [6.45, 7) is 0. The summed E-state index contributed by atoms with van der Waals surface area (Å²) in [5, 5.41) is 9.41. The van der Waals surface area contributed by atoms with Gasteiger partial charge in [0.25, 0.3) is 0 Å². The van der Waals surface area contributed by atoms with E-state index < -0.39 is 0 Å². The lowest BCUT2D eigenvalue weighted by Gasteiger charge is -2.18. The van der Waals surface area contributed by atoms with Crippen molar-refractivity contribution in [2.75, 3.05) is 0 Å². The summed E-state index contributed by atoms with van der Waals surface area (Å²) in [5.74, 6) is 5.25.